The average Bonchev–Trinajstić information content (AvgIpc) is 2.14. The van der Waals surface area contributed by atoms with Gasteiger partial charge >= 0.3 is 11.9 Å². The molecule has 0 bridgehead atoms. The van der Waals surface area contributed by atoms with Crippen LogP contribution in [0.5, 0.6) is 0 Å². The molecule has 0 aromatic rings. The van der Waals surface area contributed by atoms with Crippen LogP contribution in [0.2, 0.25) is 0 Å². The molecule has 0 aliphatic carbocycles. The molecule has 0 saturated carbocycles. The first-order valence-corrected chi connectivity index (χ1v) is 4.64. The summed E-state index contributed by atoms with van der Waals surface area (Å²) in [5.41, 5.74) is 0. The quantitative estimate of drug-likeness (QED) is 0.467. The first-order chi connectivity index (χ1) is 6.57. The predicted molar refractivity (Wildman–Crippen MR) is 48.7 cm³/mol. The van der Waals surface area contributed by atoms with Gasteiger partial charge in [-0.25, -0.2) is 4.79 Å². The van der Waals surface area contributed by atoms with Gasteiger partial charge in [0, 0.05) is 6.42 Å². The van der Waals surface area contributed by atoms with Crippen LogP contribution in [0, 0.1) is 0 Å². The minimum atomic E-state index is -1.32. The molecular formula is C9H16O5. The van der Waals surface area contributed by atoms with E-state index in [2.05, 4.69) is 0 Å². The second-order valence-electron chi connectivity index (χ2n) is 2.97. The van der Waals surface area contributed by atoms with Crippen LogP contribution in [-0.2, 0) is 14.3 Å². The Morgan fingerprint density at radius 2 is 2.07 bits per heavy atom. The number of hydrogen-bond acceptors (Lipinski definition) is 4. The molecule has 0 radical (unpaired) electrons. The molecule has 0 fully saturated rings. The van der Waals surface area contributed by atoms with Gasteiger partial charge in [-0.2, -0.15) is 0 Å². The van der Waals surface area contributed by atoms with Crippen LogP contribution in [0.25, 0.3) is 0 Å². The highest BCUT2D eigenvalue weighted by atomic mass is 16.5. The minimum Gasteiger partial charge on any atom is -0.481 e. The largest absolute Gasteiger partial charge is 0.481 e. The number of ether oxygens (including phenoxy) is 1. The van der Waals surface area contributed by atoms with Gasteiger partial charge in [0.05, 0.1) is 6.61 Å². The molecule has 5 nitrogen and oxygen atoms in total. The fourth-order valence-corrected chi connectivity index (χ4v) is 0.791. The van der Waals surface area contributed by atoms with Crippen molar-refractivity contribution in [2.75, 3.05) is 6.61 Å². The SMILES string of the molecule is CCCCOC(=O)C(O)CCC(=O)O. The van der Waals surface area contributed by atoms with E-state index in [1.165, 1.54) is 0 Å². The van der Waals surface area contributed by atoms with Crippen molar-refractivity contribution in [1.29, 1.82) is 0 Å². The van der Waals surface area contributed by atoms with Gasteiger partial charge in [-0.1, -0.05) is 13.3 Å². The highest BCUT2D eigenvalue weighted by Gasteiger charge is 2.17. The summed E-state index contributed by atoms with van der Waals surface area (Å²) in [5, 5.41) is 17.4. The summed E-state index contributed by atoms with van der Waals surface area (Å²) in [6.45, 7) is 2.23. The van der Waals surface area contributed by atoms with Gasteiger partial charge in [0.1, 0.15) is 0 Å². The van der Waals surface area contributed by atoms with Gasteiger partial charge in [-0.3, -0.25) is 4.79 Å². The Balaban J connectivity index is 3.59. The lowest BCUT2D eigenvalue weighted by atomic mass is 10.2. The Morgan fingerprint density at radius 3 is 2.57 bits per heavy atom. The third kappa shape index (κ3) is 6.42. The molecule has 5 heteroatoms. The number of carbonyl (C=O) groups excluding carboxylic acids is 1. The van der Waals surface area contributed by atoms with Gasteiger partial charge in [-0.05, 0) is 12.8 Å². The molecule has 0 aromatic carbocycles. The molecular weight excluding hydrogens is 188 g/mol. The number of unbranched alkanes of at least 4 members (excludes halogenated alkanes) is 1. The highest BCUT2D eigenvalue weighted by molar-refractivity contribution is 5.75. The van der Waals surface area contributed by atoms with Crippen LogP contribution in [0.1, 0.15) is 32.6 Å². The van der Waals surface area contributed by atoms with Crippen molar-refractivity contribution < 1.29 is 24.5 Å². The van der Waals surface area contributed by atoms with E-state index in [0.29, 0.717) is 0 Å². The van der Waals surface area contributed by atoms with Crippen LogP contribution >= 0.6 is 0 Å². The lowest BCUT2D eigenvalue weighted by Crippen LogP contribution is -2.24. The van der Waals surface area contributed by atoms with Crippen molar-refractivity contribution in [3.8, 4) is 0 Å². The van der Waals surface area contributed by atoms with Crippen molar-refractivity contribution in [2.24, 2.45) is 0 Å². The third-order valence-corrected chi connectivity index (χ3v) is 1.65. The second-order valence-corrected chi connectivity index (χ2v) is 2.97. The summed E-state index contributed by atoms with van der Waals surface area (Å²) in [7, 11) is 0. The maximum Gasteiger partial charge on any atom is 0.334 e. The molecule has 0 saturated heterocycles. The first kappa shape index (κ1) is 12.9. The van der Waals surface area contributed by atoms with E-state index in [-0.39, 0.29) is 19.4 Å². The molecule has 0 rings (SSSR count). The molecule has 0 spiro atoms. The van der Waals surface area contributed by atoms with Crippen LogP contribution in [0.4, 0.5) is 0 Å². The Morgan fingerprint density at radius 1 is 1.43 bits per heavy atom. The Kier molecular flexibility index (Phi) is 6.74. The van der Waals surface area contributed by atoms with E-state index >= 15 is 0 Å². The van der Waals surface area contributed by atoms with Gasteiger partial charge < -0.3 is 14.9 Å². The zero-order valence-corrected chi connectivity index (χ0v) is 8.23. The summed E-state index contributed by atoms with van der Waals surface area (Å²) in [5.74, 6) is -1.77. The zero-order valence-electron chi connectivity index (χ0n) is 8.23. The highest BCUT2D eigenvalue weighted by Crippen LogP contribution is 2.00. The summed E-state index contributed by atoms with van der Waals surface area (Å²) in [4.78, 5) is 21.1. The number of aliphatic hydroxyl groups excluding tert-OH is 1. The maximum absolute atomic E-state index is 11.0. The molecule has 0 aromatic heterocycles. The monoisotopic (exact) mass is 204 g/mol. The van der Waals surface area contributed by atoms with Gasteiger partial charge in [0.15, 0.2) is 6.10 Å². The lowest BCUT2D eigenvalue weighted by molar-refractivity contribution is -0.154. The topological polar surface area (TPSA) is 83.8 Å². The lowest BCUT2D eigenvalue weighted by Gasteiger charge is -2.08. The first-order valence-electron chi connectivity index (χ1n) is 4.64. The van der Waals surface area contributed by atoms with Crippen LogP contribution in [0.3, 0.4) is 0 Å². The Hall–Kier alpha value is -1.10. The maximum atomic E-state index is 11.0. The van der Waals surface area contributed by atoms with Crippen LogP contribution in [-0.4, -0.2) is 34.9 Å². The molecule has 1 unspecified atom stereocenters. The molecule has 2 N–H and O–H groups in total. The fraction of sp³-hybridized carbons (Fsp3) is 0.778. The van der Waals surface area contributed by atoms with Crippen molar-refractivity contribution >= 4 is 11.9 Å². The number of rotatable bonds is 7. The Labute approximate surface area is 82.7 Å². The zero-order chi connectivity index (χ0) is 11.0. The van der Waals surface area contributed by atoms with Gasteiger partial charge in [0.2, 0.25) is 0 Å². The summed E-state index contributed by atoms with van der Waals surface area (Å²) >= 11 is 0. The van der Waals surface area contributed by atoms with Gasteiger partial charge in [-0.15, -0.1) is 0 Å². The average molecular weight is 204 g/mol. The van der Waals surface area contributed by atoms with E-state index in [1.54, 1.807) is 0 Å². The van der Waals surface area contributed by atoms with Crippen molar-refractivity contribution in [2.45, 2.75) is 38.7 Å². The smallest absolute Gasteiger partial charge is 0.334 e. The Bertz CT molecular complexity index is 190. The molecule has 1 atom stereocenters. The number of esters is 1. The number of carboxylic acid groups (broad SMARTS) is 1. The predicted octanol–water partition coefficient (Wildman–Crippen LogP) is 0.555. The standard InChI is InChI=1S/C9H16O5/c1-2-3-6-14-9(13)7(10)4-5-8(11)12/h7,10H,2-6H2,1H3,(H,11,12). The van der Waals surface area contributed by atoms with E-state index in [0.717, 1.165) is 12.8 Å². The van der Waals surface area contributed by atoms with E-state index < -0.39 is 18.0 Å². The molecule has 0 heterocycles. The third-order valence-electron chi connectivity index (χ3n) is 1.65. The van der Waals surface area contributed by atoms with Gasteiger partial charge in [0.25, 0.3) is 0 Å². The van der Waals surface area contributed by atoms with Crippen molar-refractivity contribution in [3.63, 3.8) is 0 Å². The van der Waals surface area contributed by atoms with E-state index in [9.17, 15) is 9.59 Å². The van der Waals surface area contributed by atoms with Crippen molar-refractivity contribution in [1.82, 2.24) is 0 Å². The van der Waals surface area contributed by atoms with Crippen LogP contribution < -0.4 is 0 Å². The summed E-state index contributed by atoms with van der Waals surface area (Å²) in [6.07, 6.45) is 0.00296. The second kappa shape index (κ2) is 7.32. The number of aliphatic carboxylic acids is 1. The molecule has 14 heavy (non-hydrogen) atoms. The number of aliphatic hydroxyl groups is 1. The molecule has 0 aliphatic rings. The van der Waals surface area contributed by atoms with E-state index in [1.807, 2.05) is 6.92 Å². The minimum absolute atomic E-state index is 0.0969. The van der Waals surface area contributed by atoms with E-state index in [4.69, 9.17) is 14.9 Å². The molecule has 82 valence electrons. The molecule has 0 amide bonds. The number of carboxylic acids is 1. The normalized spacial score (nSPS) is 12.1. The number of carbonyl (C=O) groups is 2. The summed E-state index contributed by atoms with van der Waals surface area (Å²) in [6, 6.07) is 0. The van der Waals surface area contributed by atoms with Crippen LogP contribution in [0.15, 0.2) is 0 Å². The number of hydrogen-bond donors (Lipinski definition) is 2. The summed E-state index contributed by atoms with van der Waals surface area (Å²) < 4.78 is 4.69. The van der Waals surface area contributed by atoms with Crippen molar-refractivity contribution in [3.05, 3.63) is 0 Å². The molecule has 0 aliphatic heterocycles. The fourth-order valence-electron chi connectivity index (χ4n) is 0.791.